The number of nitrogens with zero attached hydrogens (tertiary/aromatic N) is 5. The van der Waals surface area contributed by atoms with Crippen LogP contribution in [0.1, 0.15) is 53.0 Å². The average Bonchev–Trinajstić information content (AvgIpc) is 3.31. The van der Waals surface area contributed by atoms with E-state index in [2.05, 4.69) is 21.1 Å². The predicted molar refractivity (Wildman–Crippen MR) is 138 cm³/mol. The fourth-order valence-electron chi connectivity index (χ4n) is 5.37. The second-order valence-electron chi connectivity index (χ2n) is 9.76. The lowest BCUT2D eigenvalue weighted by atomic mass is 9.76. The first-order valence-electron chi connectivity index (χ1n) is 12.5. The number of pyridine rings is 1. The van der Waals surface area contributed by atoms with Crippen molar-refractivity contribution in [1.82, 2.24) is 19.7 Å². The zero-order valence-corrected chi connectivity index (χ0v) is 21.2. The van der Waals surface area contributed by atoms with Crippen molar-refractivity contribution in [3.63, 3.8) is 0 Å². The van der Waals surface area contributed by atoms with Gasteiger partial charge in [-0.3, -0.25) is 9.78 Å². The number of halogens is 1. The van der Waals surface area contributed by atoms with Crippen LogP contribution in [0.15, 0.2) is 48.8 Å². The van der Waals surface area contributed by atoms with E-state index in [-0.39, 0.29) is 12.2 Å². The molecule has 0 spiro atoms. The number of carbonyl (C=O) groups is 1. The summed E-state index contributed by atoms with van der Waals surface area (Å²) in [6, 6.07) is 14.3. The van der Waals surface area contributed by atoms with Gasteiger partial charge in [-0.15, -0.1) is 0 Å². The van der Waals surface area contributed by atoms with Gasteiger partial charge < -0.3 is 9.64 Å². The lowest BCUT2D eigenvalue weighted by Crippen LogP contribution is -2.48. The van der Waals surface area contributed by atoms with E-state index in [1.54, 1.807) is 29.2 Å². The van der Waals surface area contributed by atoms with Crippen LogP contribution in [0.4, 0.5) is 0 Å². The van der Waals surface area contributed by atoms with Crippen LogP contribution in [0.2, 0.25) is 5.02 Å². The SMILES string of the molecule is Cc1c(C(=O)Cc2ccc(C3(C#N)CCN(C4CCOCC4)CC3)nc2)cnn1-c1ccc(Cl)cc1. The molecular weight excluding hydrogens is 474 g/mol. The molecule has 0 aliphatic carbocycles. The van der Waals surface area contributed by atoms with E-state index in [0.717, 1.165) is 74.6 Å². The van der Waals surface area contributed by atoms with E-state index >= 15 is 0 Å². The third-order valence-corrected chi connectivity index (χ3v) is 7.89. The van der Waals surface area contributed by atoms with Crippen LogP contribution < -0.4 is 0 Å². The molecule has 1 aromatic carbocycles. The van der Waals surface area contributed by atoms with E-state index in [9.17, 15) is 10.1 Å². The van der Waals surface area contributed by atoms with Crippen molar-refractivity contribution in [2.75, 3.05) is 26.3 Å². The Morgan fingerprint density at radius 1 is 1.14 bits per heavy atom. The Kier molecular flexibility index (Phi) is 7.20. The van der Waals surface area contributed by atoms with Crippen molar-refractivity contribution < 1.29 is 9.53 Å². The standard InChI is InChI=1S/C28H30ClN5O2/c1-20-25(18-32-34(20)24-5-3-22(29)4-6-24)26(35)16-21-2-7-27(31-17-21)28(19-30)10-12-33(13-11-28)23-8-14-36-15-9-23/h2-7,17-18,23H,8-16H2,1H3. The Hall–Kier alpha value is -3.05. The van der Waals surface area contributed by atoms with Crippen LogP contribution in [0.25, 0.3) is 5.69 Å². The maximum absolute atomic E-state index is 13.1. The smallest absolute Gasteiger partial charge is 0.170 e. The van der Waals surface area contributed by atoms with Crippen molar-refractivity contribution >= 4 is 17.4 Å². The molecular formula is C28H30ClN5O2. The summed E-state index contributed by atoms with van der Waals surface area (Å²) in [5.74, 6) is -0.0120. The monoisotopic (exact) mass is 503 g/mol. The van der Waals surface area contributed by atoms with Gasteiger partial charge in [0.1, 0.15) is 5.41 Å². The summed E-state index contributed by atoms with van der Waals surface area (Å²) >= 11 is 5.99. The molecule has 3 aromatic rings. The summed E-state index contributed by atoms with van der Waals surface area (Å²) in [6.07, 6.45) is 7.28. The van der Waals surface area contributed by atoms with Gasteiger partial charge in [-0.05, 0) is 68.5 Å². The summed E-state index contributed by atoms with van der Waals surface area (Å²) < 4.78 is 7.24. The van der Waals surface area contributed by atoms with Crippen molar-refractivity contribution in [3.8, 4) is 11.8 Å². The fraction of sp³-hybridized carbons (Fsp3) is 0.429. The molecule has 2 aromatic heterocycles. The average molecular weight is 504 g/mol. The summed E-state index contributed by atoms with van der Waals surface area (Å²) in [5.41, 5.74) is 3.29. The Morgan fingerprint density at radius 2 is 1.86 bits per heavy atom. The molecule has 186 valence electrons. The molecule has 2 fully saturated rings. The highest BCUT2D eigenvalue weighted by molar-refractivity contribution is 6.30. The first kappa shape index (κ1) is 24.6. The Labute approximate surface area is 216 Å². The number of benzene rings is 1. The lowest BCUT2D eigenvalue weighted by Gasteiger charge is -2.42. The van der Waals surface area contributed by atoms with Gasteiger partial charge in [0, 0.05) is 50.0 Å². The van der Waals surface area contributed by atoms with Gasteiger partial charge in [-0.25, -0.2) is 4.68 Å². The van der Waals surface area contributed by atoms with Crippen LogP contribution in [0.3, 0.4) is 0 Å². The van der Waals surface area contributed by atoms with Crippen molar-refractivity contribution in [2.24, 2.45) is 0 Å². The van der Waals surface area contributed by atoms with Crippen molar-refractivity contribution in [3.05, 3.63) is 76.3 Å². The maximum Gasteiger partial charge on any atom is 0.170 e. The van der Waals surface area contributed by atoms with Gasteiger partial charge in [0.25, 0.3) is 0 Å². The molecule has 2 saturated heterocycles. The van der Waals surface area contributed by atoms with E-state index in [1.807, 2.05) is 31.2 Å². The van der Waals surface area contributed by atoms with Crippen LogP contribution in [0, 0.1) is 18.3 Å². The Morgan fingerprint density at radius 3 is 2.50 bits per heavy atom. The second kappa shape index (κ2) is 10.5. The summed E-state index contributed by atoms with van der Waals surface area (Å²) in [4.78, 5) is 20.2. The minimum Gasteiger partial charge on any atom is -0.381 e. The highest BCUT2D eigenvalue weighted by Crippen LogP contribution is 2.35. The van der Waals surface area contributed by atoms with Crippen LogP contribution >= 0.6 is 11.6 Å². The topological polar surface area (TPSA) is 84.0 Å². The quantitative estimate of drug-likeness (QED) is 0.454. The number of rotatable bonds is 6. The molecule has 2 aliphatic heterocycles. The maximum atomic E-state index is 13.1. The van der Waals surface area contributed by atoms with Gasteiger partial charge in [0.15, 0.2) is 5.78 Å². The molecule has 0 amide bonds. The summed E-state index contributed by atoms with van der Waals surface area (Å²) in [5, 5.41) is 15.2. The number of ether oxygens (including phenoxy) is 1. The van der Waals surface area contributed by atoms with Crippen LogP contribution in [0.5, 0.6) is 0 Å². The number of nitriles is 1. The molecule has 0 bridgehead atoms. The number of Topliss-reactive ketones (excluding diaryl/α,β-unsaturated/α-hetero) is 1. The highest BCUT2D eigenvalue weighted by Gasteiger charge is 2.39. The molecule has 36 heavy (non-hydrogen) atoms. The van der Waals surface area contributed by atoms with E-state index in [4.69, 9.17) is 16.3 Å². The van der Waals surface area contributed by atoms with E-state index < -0.39 is 5.41 Å². The van der Waals surface area contributed by atoms with Gasteiger partial charge >= 0.3 is 0 Å². The third kappa shape index (κ3) is 4.94. The number of likely N-dealkylation sites (tertiary alicyclic amines) is 1. The largest absolute Gasteiger partial charge is 0.381 e. The fourth-order valence-corrected chi connectivity index (χ4v) is 5.49. The number of hydrogen-bond acceptors (Lipinski definition) is 6. The molecule has 4 heterocycles. The van der Waals surface area contributed by atoms with E-state index in [1.165, 1.54) is 0 Å². The Bertz CT molecular complexity index is 1250. The molecule has 0 atom stereocenters. The number of piperidine rings is 1. The summed E-state index contributed by atoms with van der Waals surface area (Å²) in [6.45, 7) is 5.34. The van der Waals surface area contributed by atoms with Crippen molar-refractivity contribution in [1.29, 1.82) is 5.26 Å². The minimum absolute atomic E-state index is 0.0120. The van der Waals surface area contributed by atoms with Crippen molar-refractivity contribution in [2.45, 2.75) is 50.5 Å². The van der Waals surface area contributed by atoms with Gasteiger partial charge in [0.2, 0.25) is 0 Å². The molecule has 0 N–H and O–H groups in total. The first-order chi connectivity index (χ1) is 17.5. The minimum atomic E-state index is -0.569. The zero-order valence-electron chi connectivity index (χ0n) is 20.5. The van der Waals surface area contributed by atoms with Gasteiger partial charge in [-0.1, -0.05) is 17.7 Å². The first-order valence-corrected chi connectivity index (χ1v) is 12.9. The molecule has 8 heteroatoms. The summed E-state index contributed by atoms with van der Waals surface area (Å²) in [7, 11) is 0. The highest BCUT2D eigenvalue weighted by atomic mass is 35.5. The normalized spacial score (nSPS) is 18.6. The van der Waals surface area contributed by atoms with Gasteiger partial charge in [-0.2, -0.15) is 10.4 Å². The number of carbonyl (C=O) groups excluding carboxylic acids is 1. The third-order valence-electron chi connectivity index (χ3n) is 7.63. The Balaban J connectivity index is 1.25. The molecule has 5 rings (SSSR count). The molecule has 2 aliphatic rings. The lowest BCUT2D eigenvalue weighted by molar-refractivity contribution is 0.0211. The predicted octanol–water partition coefficient (Wildman–Crippen LogP) is 4.69. The van der Waals surface area contributed by atoms with Crippen LogP contribution in [-0.2, 0) is 16.6 Å². The number of aromatic nitrogens is 3. The zero-order chi connectivity index (χ0) is 25.1. The molecule has 0 radical (unpaired) electrons. The second-order valence-corrected chi connectivity index (χ2v) is 10.2. The van der Waals surface area contributed by atoms with Crippen LogP contribution in [-0.4, -0.2) is 57.8 Å². The number of ketones is 1. The van der Waals surface area contributed by atoms with Gasteiger partial charge in [0.05, 0.1) is 34.9 Å². The molecule has 0 saturated carbocycles. The number of hydrogen-bond donors (Lipinski definition) is 0. The van der Waals surface area contributed by atoms with E-state index in [0.29, 0.717) is 16.6 Å². The molecule has 0 unspecified atom stereocenters. The molecule has 7 nitrogen and oxygen atoms in total.